The lowest BCUT2D eigenvalue weighted by atomic mass is 10.1. The number of nitrogens with one attached hydrogen (secondary N) is 2. The minimum Gasteiger partial charge on any atom is -0.486 e. The van der Waals surface area contributed by atoms with Crippen molar-refractivity contribution in [2.75, 3.05) is 6.61 Å². The number of carbonyl (C=O) groups is 1. The molecule has 1 saturated heterocycles. The zero-order valence-corrected chi connectivity index (χ0v) is 14.6. The zero-order valence-electron chi connectivity index (χ0n) is 14.6. The Morgan fingerprint density at radius 1 is 1.33 bits per heavy atom. The third-order valence-corrected chi connectivity index (χ3v) is 4.14. The largest absolute Gasteiger partial charge is 0.486 e. The normalized spacial score (nSPS) is 16.4. The summed E-state index contributed by atoms with van der Waals surface area (Å²) < 4.78 is 16.5. The molecule has 1 aliphatic rings. The number of nitrogens with zero attached hydrogens (tertiary/aromatic N) is 3. The van der Waals surface area contributed by atoms with Crippen LogP contribution in [0.3, 0.4) is 0 Å². The number of hydrogen-bond donors (Lipinski definition) is 2. The van der Waals surface area contributed by atoms with E-state index in [0.717, 1.165) is 18.6 Å². The van der Waals surface area contributed by atoms with Gasteiger partial charge in [0.2, 0.25) is 0 Å². The summed E-state index contributed by atoms with van der Waals surface area (Å²) in [7, 11) is 0. The highest BCUT2D eigenvalue weighted by Gasteiger charge is 2.27. The van der Waals surface area contributed by atoms with Crippen LogP contribution in [0.4, 0.5) is 0 Å². The lowest BCUT2D eigenvalue weighted by Gasteiger charge is -2.07. The van der Waals surface area contributed by atoms with E-state index in [2.05, 4.69) is 25.5 Å². The van der Waals surface area contributed by atoms with Crippen LogP contribution in [0, 0.1) is 0 Å². The van der Waals surface area contributed by atoms with Crippen LogP contribution in [-0.4, -0.2) is 32.7 Å². The first-order valence-electron chi connectivity index (χ1n) is 8.71. The second-order valence-electron chi connectivity index (χ2n) is 6.05. The van der Waals surface area contributed by atoms with E-state index in [1.807, 2.05) is 30.3 Å². The van der Waals surface area contributed by atoms with Gasteiger partial charge < -0.3 is 19.2 Å². The Labute approximate surface area is 155 Å². The Kier molecular flexibility index (Phi) is 5.10. The van der Waals surface area contributed by atoms with Gasteiger partial charge >= 0.3 is 0 Å². The van der Waals surface area contributed by atoms with Crippen molar-refractivity contribution in [1.82, 2.24) is 25.5 Å². The van der Waals surface area contributed by atoms with Crippen LogP contribution in [0.5, 0.6) is 5.75 Å². The molecule has 0 saturated carbocycles. The van der Waals surface area contributed by atoms with E-state index in [1.54, 1.807) is 0 Å². The molecule has 27 heavy (non-hydrogen) atoms. The SMILES string of the molecule is O=C(NCc1n[nH]c(COc2ccccc2)n1)c1ncoc1C1CCCO1. The van der Waals surface area contributed by atoms with Crippen molar-refractivity contribution in [2.24, 2.45) is 0 Å². The molecule has 0 aliphatic carbocycles. The second kappa shape index (κ2) is 8.00. The van der Waals surface area contributed by atoms with Crippen molar-refractivity contribution in [3.63, 3.8) is 0 Å². The Morgan fingerprint density at radius 3 is 3.04 bits per heavy atom. The first-order chi connectivity index (χ1) is 13.3. The van der Waals surface area contributed by atoms with E-state index in [9.17, 15) is 4.79 Å². The van der Waals surface area contributed by atoms with Gasteiger partial charge in [-0.3, -0.25) is 9.89 Å². The highest BCUT2D eigenvalue weighted by atomic mass is 16.5. The van der Waals surface area contributed by atoms with Gasteiger partial charge in [-0.05, 0) is 25.0 Å². The monoisotopic (exact) mass is 369 g/mol. The maximum atomic E-state index is 12.4. The minimum atomic E-state index is -0.346. The molecule has 1 aliphatic heterocycles. The summed E-state index contributed by atoms with van der Waals surface area (Å²) in [5, 5.41) is 9.63. The third kappa shape index (κ3) is 4.14. The first-order valence-corrected chi connectivity index (χ1v) is 8.71. The number of carbonyl (C=O) groups excluding carboxylic acids is 1. The molecular weight excluding hydrogens is 350 g/mol. The molecule has 9 nitrogen and oxygen atoms in total. The first kappa shape index (κ1) is 17.2. The molecule has 9 heteroatoms. The van der Waals surface area contributed by atoms with Crippen LogP contribution in [0.2, 0.25) is 0 Å². The number of rotatable bonds is 7. The minimum absolute atomic E-state index is 0.165. The van der Waals surface area contributed by atoms with Crippen molar-refractivity contribution < 1.29 is 18.7 Å². The van der Waals surface area contributed by atoms with Crippen LogP contribution in [0.15, 0.2) is 41.1 Å². The smallest absolute Gasteiger partial charge is 0.274 e. The molecule has 0 radical (unpaired) electrons. The maximum Gasteiger partial charge on any atom is 0.274 e. The number of ether oxygens (including phenoxy) is 2. The summed E-state index contributed by atoms with van der Waals surface area (Å²) in [4.78, 5) is 20.7. The Balaban J connectivity index is 1.31. The van der Waals surface area contributed by atoms with Crippen LogP contribution < -0.4 is 10.1 Å². The standard InChI is InChI=1S/C18H19N5O4/c24-18(16-17(27-11-20-16)13-7-4-8-25-13)19-9-14-21-15(23-22-14)10-26-12-5-2-1-3-6-12/h1-3,5-6,11,13H,4,7-10H2,(H,19,24)(H,21,22,23). The summed E-state index contributed by atoms with van der Waals surface area (Å²) in [6.45, 7) is 1.09. The van der Waals surface area contributed by atoms with Gasteiger partial charge in [0, 0.05) is 6.61 Å². The highest BCUT2D eigenvalue weighted by Crippen LogP contribution is 2.30. The van der Waals surface area contributed by atoms with Crippen LogP contribution in [0.1, 0.15) is 46.8 Å². The number of hydrogen-bond acceptors (Lipinski definition) is 7. The lowest BCUT2D eigenvalue weighted by Crippen LogP contribution is -2.25. The van der Waals surface area contributed by atoms with Gasteiger partial charge in [0.25, 0.3) is 5.91 Å². The van der Waals surface area contributed by atoms with Crippen LogP contribution in [0.25, 0.3) is 0 Å². The fourth-order valence-corrected chi connectivity index (χ4v) is 2.83. The summed E-state index contributed by atoms with van der Waals surface area (Å²) in [6.07, 6.45) is 2.81. The number of amides is 1. The summed E-state index contributed by atoms with van der Waals surface area (Å²) >= 11 is 0. The van der Waals surface area contributed by atoms with E-state index in [0.29, 0.717) is 24.0 Å². The molecule has 3 heterocycles. The summed E-state index contributed by atoms with van der Waals surface area (Å²) in [6, 6.07) is 9.43. The van der Waals surface area contributed by atoms with Crippen molar-refractivity contribution in [3.8, 4) is 5.75 Å². The van der Waals surface area contributed by atoms with Gasteiger partial charge in [0.1, 0.15) is 18.5 Å². The molecule has 0 spiro atoms. The number of para-hydroxylation sites is 1. The van der Waals surface area contributed by atoms with Crippen molar-refractivity contribution in [1.29, 1.82) is 0 Å². The summed E-state index contributed by atoms with van der Waals surface area (Å²) in [5.74, 6) is 1.90. The Hall–Kier alpha value is -3.20. The Morgan fingerprint density at radius 2 is 2.22 bits per heavy atom. The quantitative estimate of drug-likeness (QED) is 0.655. The van der Waals surface area contributed by atoms with E-state index in [4.69, 9.17) is 13.9 Å². The Bertz CT molecular complexity index is 886. The molecule has 2 aromatic heterocycles. The third-order valence-electron chi connectivity index (χ3n) is 4.14. The number of benzene rings is 1. The molecule has 1 fully saturated rings. The molecule has 1 amide bonds. The number of aromatic amines is 1. The highest BCUT2D eigenvalue weighted by molar-refractivity contribution is 5.93. The van der Waals surface area contributed by atoms with Gasteiger partial charge in [0.05, 0.1) is 6.54 Å². The zero-order chi connectivity index (χ0) is 18.5. The van der Waals surface area contributed by atoms with Gasteiger partial charge in [-0.15, -0.1) is 0 Å². The molecule has 140 valence electrons. The predicted octanol–water partition coefficient (Wildman–Crippen LogP) is 2.15. The molecule has 1 aromatic carbocycles. The van der Waals surface area contributed by atoms with Crippen molar-refractivity contribution >= 4 is 5.91 Å². The molecule has 1 unspecified atom stereocenters. The maximum absolute atomic E-state index is 12.4. The second-order valence-corrected chi connectivity index (χ2v) is 6.05. The number of aromatic nitrogens is 4. The molecule has 4 rings (SSSR count). The molecule has 3 aromatic rings. The van der Waals surface area contributed by atoms with Crippen molar-refractivity contribution in [3.05, 3.63) is 59.8 Å². The predicted molar refractivity (Wildman–Crippen MR) is 92.8 cm³/mol. The van der Waals surface area contributed by atoms with E-state index < -0.39 is 0 Å². The van der Waals surface area contributed by atoms with Gasteiger partial charge in [-0.1, -0.05) is 18.2 Å². The lowest BCUT2D eigenvalue weighted by molar-refractivity contribution is 0.0860. The molecular formula is C18H19N5O4. The topological polar surface area (TPSA) is 115 Å². The molecule has 1 atom stereocenters. The average Bonchev–Trinajstić information content (AvgIpc) is 3.46. The number of H-pyrrole nitrogens is 1. The van der Waals surface area contributed by atoms with Gasteiger partial charge in [0.15, 0.2) is 29.5 Å². The molecule has 0 bridgehead atoms. The fraction of sp³-hybridized carbons (Fsp3) is 0.333. The summed E-state index contributed by atoms with van der Waals surface area (Å²) in [5.41, 5.74) is 0.241. The van der Waals surface area contributed by atoms with Crippen LogP contribution in [-0.2, 0) is 17.9 Å². The average molecular weight is 369 g/mol. The number of oxazole rings is 1. The van der Waals surface area contributed by atoms with E-state index in [-0.39, 0.29) is 30.9 Å². The fourth-order valence-electron chi connectivity index (χ4n) is 2.83. The van der Waals surface area contributed by atoms with Crippen LogP contribution >= 0.6 is 0 Å². The van der Waals surface area contributed by atoms with E-state index in [1.165, 1.54) is 6.39 Å². The van der Waals surface area contributed by atoms with Gasteiger partial charge in [-0.2, -0.15) is 5.10 Å². The van der Waals surface area contributed by atoms with Gasteiger partial charge in [-0.25, -0.2) is 9.97 Å². The van der Waals surface area contributed by atoms with Crippen molar-refractivity contribution in [2.45, 2.75) is 32.1 Å². The molecule has 2 N–H and O–H groups in total. The van der Waals surface area contributed by atoms with E-state index >= 15 is 0 Å².